The molecule has 7 heteroatoms. The highest BCUT2D eigenvalue weighted by Gasteiger charge is 2.35. The molecule has 0 saturated carbocycles. The van der Waals surface area contributed by atoms with Gasteiger partial charge in [-0.15, -0.1) is 0 Å². The quantitative estimate of drug-likeness (QED) is 0.558. The Morgan fingerprint density at radius 1 is 1.08 bits per heavy atom. The third-order valence-electron chi connectivity index (χ3n) is 5.75. The fourth-order valence-corrected chi connectivity index (χ4v) is 5.57. The number of nitrogens with one attached hydrogen (secondary N) is 2. The van der Waals surface area contributed by atoms with Gasteiger partial charge in [0.2, 0.25) is 10.0 Å². The number of piperazine rings is 1. The average Bonchev–Trinajstić information content (AvgIpc) is 2.63. The number of hydrogen-bond acceptors (Lipinski definition) is 3. The van der Waals surface area contributed by atoms with Crippen molar-refractivity contribution in [2.24, 2.45) is 0 Å². The molecule has 2 heterocycles. The molecule has 25 heavy (non-hydrogen) atoms. The Morgan fingerprint density at radius 2 is 1.68 bits per heavy atom. The van der Waals surface area contributed by atoms with Crippen LogP contribution in [0.25, 0.3) is 0 Å². The third kappa shape index (κ3) is 4.41. The van der Waals surface area contributed by atoms with Gasteiger partial charge in [-0.1, -0.05) is 17.7 Å². The van der Waals surface area contributed by atoms with Gasteiger partial charge in [-0.05, 0) is 19.1 Å². The van der Waals surface area contributed by atoms with Crippen LogP contribution in [0.1, 0.15) is 18.4 Å². The molecular weight excluding hydrogens is 338 g/mol. The van der Waals surface area contributed by atoms with E-state index in [2.05, 4.69) is 0 Å². The molecule has 0 aromatic heterocycles. The van der Waals surface area contributed by atoms with Crippen LogP contribution in [-0.4, -0.2) is 76.3 Å². The number of benzene rings is 1. The smallest absolute Gasteiger partial charge is 0.243 e. The molecule has 140 valence electrons. The first kappa shape index (κ1) is 18.8. The third-order valence-corrected chi connectivity index (χ3v) is 7.67. The Hall–Kier alpha value is -0.990. The van der Waals surface area contributed by atoms with Gasteiger partial charge in [0.1, 0.15) is 32.7 Å². The van der Waals surface area contributed by atoms with Gasteiger partial charge in [0.05, 0.1) is 17.5 Å². The van der Waals surface area contributed by atoms with Crippen molar-refractivity contribution in [3.8, 4) is 0 Å². The SMILES string of the molecule is Cc1ccc(S(=O)(=O)N2CCC([NH+]3CC[NH+](CCO)CC3)CC2)cc1. The molecule has 6 nitrogen and oxygen atoms in total. The number of rotatable bonds is 5. The fourth-order valence-electron chi connectivity index (χ4n) is 4.10. The van der Waals surface area contributed by atoms with Gasteiger partial charge in [-0.2, -0.15) is 4.31 Å². The molecule has 3 rings (SSSR count). The van der Waals surface area contributed by atoms with E-state index in [1.165, 1.54) is 4.90 Å². The van der Waals surface area contributed by atoms with E-state index in [1.807, 2.05) is 19.1 Å². The maximum absolute atomic E-state index is 12.8. The zero-order chi connectivity index (χ0) is 17.9. The van der Waals surface area contributed by atoms with Gasteiger partial charge in [0.25, 0.3) is 0 Å². The molecule has 0 unspecified atom stereocenters. The highest BCUT2D eigenvalue weighted by Crippen LogP contribution is 2.20. The molecule has 2 fully saturated rings. The van der Waals surface area contributed by atoms with Crippen LogP contribution in [0.4, 0.5) is 0 Å². The Balaban J connectivity index is 1.54. The van der Waals surface area contributed by atoms with E-state index in [-0.39, 0.29) is 6.61 Å². The van der Waals surface area contributed by atoms with E-state index in [0.29, 0.717) is 24.0 Å². The summed E-state index contributed by atoms with van der Waals surface area (Å²) in [5.41, 5.74) is 1.07. The summed E-state index contributed by atoms with van der Waals surface area (Å²) in [4.78, 5) is 3.52. The van der Waals surface area contributed by atoms with E-state index in [0.717, 1.165) is 51.1 Å². The van der Waals surface area contributed by atoms with Gasteiger partial charge < -0.3 is 14.9 Å². The van der Waals surface area contributed by atoms with Crippen LogP contribution in [0, 0.1) is 6.92 Å². The lowest BCUT2D eigenvalue weighted by molar-refractivity contribution is -1.02. The summed E-state index contributed by atoms with van der Waals surface area (Å²) in [5.74, 6) is 0. The van der Waals surface area contributed by atoms with Gasteiger partial charge in [-0.25, -0.2) is 8.42 Å². The largest absolute Gasteiger partial charge is 0.391 e. The van der Waals surface area contributed by atoms with Crippen LogP contribution in [0.2, 0.25) is 0 Å². The van der Waals surface area contributed by atoms with Crippen molar-refractivity contribution in [1.29, 1.82) is 0 Å². The standard InChI is InChI=1S/C18H29N3O3S/c1-16-2-4-18(5-3-16)25(23,24)21-8-6-17(7-9-21)20-12-10-19(11-13-20)14-15-22/h2-5,17,22H,6-15H2,1H3/p+2. The molecule has 0 atom stereocenters. The molecule has 0 radical (unpaired) electrons. The van der Waals surface area contributed by atoms with Crippen molar-refractivity contribution >= 4 is 10.0 Å². The molecule has 1 aromatic carbocycles. The van der Waals surface area contributed by atoms with Crippen LogP contribution >= 0.6 is 0 Å². The topological polar surface area (TPSA) is 66.5 Å². The molecule has 1 aromatic rings. The molecule has 2 saturated heterocycles. The second kappa shape index (κ2) is 8.14. The summed E-state index contributed by atoms with van der Waals surface area (Å²) in [7, 11) is -3.36. The fraction of sp³-hybridized carbons (Fsp3) is 0.667. The first-order valence-corrected chi connectivity index (χ1v) is 10.8. The van der Waals surface area contributed by atoms with E-state index in [1.54, 1.807) is 21.3 Å². The summed E-state index contributed by atoms with van der Waals surface area (Å²) in [6.45, 7) is 8.80. The van der Waals surface area contributed by atoms with Crippen molar-refractivity contribution in [3.63, 3.8) is 0 Å². The Labute approximate surface area is 151 Å². The van der Waals surface area contributed by atoms with E-state index in [4.69, 9.17) is 5.11 Å². The molecule has 2 aliphatic heterocycles. The number of hydrogen-bond donors (Lipinski definition) is 3. The van der Waals surface area contributed by atoms with Crippen molar-refractivity contribution < 1.29 is 23.3 Å². The lowest BCUT2D eigenvalue weighted by atomic mass is 10.0. The summed E-state index contributed by atoms with van der Waals surface area (Å²) < 4.78 is 27.2. The Morgan fingerprint density at radius 3 is 2.24 bits per heavy atom. The lowest BCUT2D eigenvalue weighted by Gasteiger charge is -2.38. The number of aliphatic hydroxyl groups excluding tert-OH is 1. The highest BCUT2D eigenvalue weighted by atomic mass is 32.2. The van der Waals surface area contributed by atoms with Crippen molar-refractivity contribution in [3.05, 3.63) is 29.8 Å². The molecule has 3 N–H and O–H groups in total. The minimum atomic E-state index is -3.36. The summed E-state index contributed by atoms with van der Waals surface area (Å²) in [5, 5.41) is 9.06. The second-order valence-corrected chi connectivity index (χ2v) is 9.31. The second-order valence-electron chi connectivity index (χ2n) is 7.37. The molecule has 0 spiro atoms. The normalized spacial score (nSPS) is 26.6. The minimum Gasteiger partial charge on any atom is -0.391 e. The summed E-state index contributed by atoms with van der Waals surface area (Å²) >= 11 is 0. The van der Waals surface area contributed by atoms with Crippen molar-refractivity contribution in [2.45, 2.75) is 30.7 Å². The van der Waals surface area contributed by atoms with E-state index < -0.39 is 10.0 Å². The Kier molecular flexibility index (Phi) is 6.12. The predicted molar refractivity (Wildman–Crippen MR) is 96.3 cm³/mol. The molecule has 0 aliphatic carbocycles. The van der Waals surface area contributed by atoms with Crippen LogP contribution < -0.4 is 9.80 Å². The van der Waals surface area contributed by atoms with Crippen LogP contribution in [0.5, 0.6) is 0 Å². The number of piperidine rings is 1. The zero-order valence-corrected chi connectivity index (χ0v) is 15.9. The molecular formula is C18H31N3O3S+2. The monoisotopic (exact) mass is 369 g/mol. The van der Waals surface area contributed by atoms with Gasteiger partial charge in [0.15, 0.2) is 0 Å². The maximum atomic E-state index is 12.8. The Bertz CT molecular complexity index is 647. The number of quaternary nitrogens is 2. The van der Waals surface area contributed by atoms with Crippen LogP contribution in [0.3, 0.4) is 0 Å². The van der Waals surface area contributed by atoms with Crippen LogP contribution in [-0.2, 0) is 10.0 Å². The first-order valence-electron chi connectivity index (χ1n) is 9.36. The maximum Gasteiger partial charge on any atom is 0.243 e. The summed E-state index contributed by atoms with van der Waals surface area (Å²) in [6.07, 6.45) is 1.88. The number of aliphatic hydroxyl groups is 1. The van der Waals surface area contributed by atoms with Crippen LogP contribution in [0.15, 0.2) is 29.2 Å². The zero-order valence-electron chi connectivity index (χ0n) is 15.1. The van der Waals surface area contributed by atoms with E-state index in [9.17, 15) is 8.42 Å². The highest BCUT2D eigenvalue weighted by molar-refractivity contribution is 7.89. The number of sulfonamides is 1. The molecule has 0 bridgehead atoms. The average molecular weight is 370 g/mol. The predicted octanol–water partition coefficient (Wildman–Crippen LogP) is -2.08. The van der Waals surface area contributed by atoms with Gasteiger partial charge in [-0.3, -0.25) is 0 Å². The van der Waals surface area contributed by atoms with Crippen molar-refractivity contribution in [1.82, 2.24) is 4.31 Å². The number of aryl methyl sites for hydroxylation is 1. The van der Waals surface area contributed by atoms with Gasteiger partial charge in [0, 0.05) is 25.9 Å². The number of nitrogens with zero attached hydrogens (tertiary/aromatic N) is 1. The molecule has 0 amide bonds. The van der Waals surface area contributed by atoms with Crippen molar-refractivity contribution in [2.75, 3.05) is 52.4 Å². The minimum absolute atomic E-state index is 0.264. The first-order chi connectivity index (χ1) is 12.0. The molecule has 2 aliphatic rings. The summed E-state index contributed by atoms with van der Waals surface area (Å²) in [6, 6.07) is 7.71. The lowest BCUT2D eigenvalue weighted by Crippen LogP contribution is -3.30. The van der Waals surface area contributed by atoms with Gasteiger partial charge >= 0.3 is 0 Å². The van der Waals surface area contributed by atoms with E-state index >= 15 is 0 Å².